The van der Waals surface area contributed by atoms with E-state index in [4.69, 9.17) is 11.6 Å². The van der Waals surface area contributed by atoms with Crippen molar-refractivity contribution in [1.82, 2.24) is 15.2 Å². The number of H-pyrrole nitrogens is 1. The van der Waals surface area contributed by atoms with Crippen LogP contribution in [0, 0.1) is 0 Å². The number of halogens is 1. The van der Waals surface area contributed by atoms with E-state index in [0.29, 0.717) is 15.9 Å². The van der Waals surface area contributed by atoms with E-state index in [1.165, 1.54) is 0 Å². The van der Waals surface area contributed by atoms with Crippen LogP contribution in [-0.4, -0.2) is 26.3 Å². The van der Waals surface area contributed by atoms with Crippen LogP contribution in [-0.2, 0) is 4.79 Å². The molecule has 0 saturated heterocycles. The highest BCUT2D eigenvalue weighted by Gasteiger charge is 2.16. The Morgan fingerprint density at radius 2 is 2.10 bits per heavy atom. The maximum Gasteiger partial charge on any atom is 0.270 e. The Hall–Kier alpha value is -1.86. The van der Waals surface area contributed by atoms with Crippen LogP contribution in [0.15, 0.2) is 40.4 Å². The lowest BCUT2D eigenvalue weighted by Gasteiger charge is -2.10. The van der Waals surface area contributed by atoms with E-state index in [1.807, 2.05) is 0 Å². The summed E-state index contributed by atoms with van der Waals surface area (Å²) in [5.41, 5.74) is 0.298. The summed E-state index contributed by atoms with van der Waals surface area (Å²) in [4.78, 5) is 25.6. The molecule has 0 saturated carbocycles. The molecule has 1 heterocycles. The van der Waals surface area contributed by atoms with Crippen LogP contribution in [0.3, 0.4) is 0 Å². The largest absolute Gasteiger partial charge is 0.325 e. The first kappa shape index (κ1) is 14.5. The number of hydrogen-bond acceptors (Lipinski definition) is 5. The number of hydrogen-bond donors (Lipinski definition) is 2. The molecule has 104 valence electrons. The van der Waals surface area contributed by atoms with Gasteiger partial charge in [-0.2, -0.15) is 5.10 Å². The lowest BCUT2D eigenvalue weighted by molar-refractivity contribution is -0.115. The molecule has 6 nitrogen and oxygen atoms in total. The first-order valence-corrected chi connectivity index (χ1v) is 6.95. The molecule has 8 heteroatoms. The molecular weight excluding hydrogens is 300 g/mol. The quantitative estimate of drug-likeness (QED) is 0.843. The summed E-state index contributed by atoms with van der Waals surface area (Å²) in [6.07, 6.45) is 1.07. The number of carbonyl (C=O) groups is 1. The third-order valence-electron chi connectivity index (χ3n) is 2.32. The van der Waals surface area contributed by atoms with Crippen LogP contribution in [0.4, 0.5) is 5.69 Å². The predicted molar refractivity (Wildman–Crippen MR) is 78.1 cm³/mol. The Morgan fingerprint density at radius 3 is 2.75 bits per heavy atom. The average molecular weight is 311 g/mol. The molecule has 2 rings (SSSR count). The monoisotopic (exact) mass is 310 g/mol. The zero-order chi connectivity index (χ0) is 14.5. The fraction of sp³-hybridized carbons (Fsp3) is 0.167. The molecule has 2 aromatic rings. The maximum atomic E-state index is 12.0. The van der Waals surface area contributed by atoms with Gasteiger partial charge in [-0.3, -0.25) is 14.6 Å². The molecule has 20 heavy (non-hydrogen) atoms. The highest BCUT2D eigenvalue weighted by atomic mass is 35.5. The molecule has 1 aromatic heterocycles. The second kappa shape index (κ2) is 6.53. The number of rotatable bonds is 4. The highest BCUT2D eigenvalue weighted by molar-refractivity contribution is 8.00. The van der Waals surface area contributed by atoms with Crippen molar-refractivity contribution in [2.45, 2.75) is 17.3 Å². The van der Waals surface area contributed by atoms with Gasteiger partial charge in [-0.05, 0) is 31.2 Å². The maximum absolute atomic E-state index is 12.0. The van der Waals surface area contributed by atoms with Gasteiger partial charge >= 0.3 is 0 Å². The average Bonchev–Trinajstić information content (AvgIpc) is 2.41. The van der Waals surface area contributed by atoms with Gasteiger partial charge in [0.15, 0.2) is 5.16 Å². The SMILES string of the molecule is C[C@H](Sc1nncc(=O)[nH]1)C(=O)Nc1ccc(Cl)cc1. The Bertz CT molecular complexity index is 659. The van der Waals surface area contributed by atoms with Crippen LogP contribution in [0.5, 0.6) is 0 Å². The van der Waals surface area contributed by atoms with Crippen molar-refractivity contribution in [1.29, 1.82) is 0 Å². The third kappa shape index (κ3) is 4.07. The summed E-state index contributed by atoms with van der Waals surface area (Å²) in [5, 5.41) is 10.5. The van der Waals surface area contributed by atoms with Gasteiger partial charge in [0.05, 0.1) is 5.25 Å². The zero-order valence-corrected chi connectivity index (χ0v) is 12.0. The lowest BCUT2D eigenvalue weighted by atomic mass is 10.3. The van der Waals surface area contributed by atoms with Gasteiger partial charge < -0.3 is 5.32 Å². The number of nitrogens with one attached hydrogen (secondary N) is 2. The topological polar surface area (TPSA) is 87.7 Å². The molecule has 0 aliphatic heterocycles. The van der Waals surface area contributed by atoms with Crippen LogP contribution >= 0.6 is 23.4 Å². The minimum absolute atomic E-state index is 0.205. The smallest absolute Gasteiger partial charge is 0.270 e. The standard InChI is InChI=1S/C12H11ClN4O2S/c1-7(20-12-16-10(18)6-14-17-12)11(19)15-9-4-2-8(13)3-5-9/h2-7H,1H3,(H,15,19)(H,16,17,18)/t7-/m0/s1. The molecule has 0 aliphatic rings. The number of benzene rings is 1. The first-order chi connectivity index (χ1) is 9.54. The zero-order valence-electron chi connectivity index (χ0n) is 10.5. The summed E-state index contributed by atoms with van der Waals surface area (Å²) in [7, 11) is 0. The molecule has 0 spiro atoms. The first-order valence-electron chi connectivity index (χ1n) is 5.69. The van der Waals surface area contributed by atoms with Gasteiger partial charge in [0.2, 0.25) is 5.91 Å². The molecule has 1 atom stereocenters. The van der Waals surface area contributed by atoms with Crippen LogP contribution < -0.4 is 10.9 Å². The second-order valence-electron chi connectivity index (χ2n) is 3.90. The second-order valence-corrected chi connectivity index (χ2v) is 5.66. The van der Waals surface area contributed by atoms with E-state index in [0.717, 1.165) is 18.0 Å². The number of anilines is 1. The van der Waals surface area contributed by atoms with Gasteiger partial charge in [0, 0.05) is 10.7 Å². The number of aromatic amines is 1. The minimum Gasteiger partial charge on any atom is -0.325 e. The van der Waals surface area contributed by atoms with Crippen molar-refractivity contribution in [3.05, 3.63) is 45.8 Å². The number of amides is 1. The van der Waals surface area contributed by atoms with Crippen molar-refractivity contribution in [2.24, 2.45) is 0 Å². The van der Waals surface area contributed by atoms with E-state index in [2.05, 4.69) is 20.5 Å². The van der Waals surface area contributed by atoms with E-state index in [1.54, 1.807) is 31.2 Å². The molecule has 1 aromatic carbocycles. The highest BCUT2D eigenvalue weighted by Crippen LogP contribution is 2.20. The number of carbonyl (C=O) groups excluding carboxylic acids is 1. The van der Waals surface area contributed by atoms with Gasteiger partial charge in [-0.15, -0.1) is 5.10 Å². The lowest BCUT2D eigenvalue weighted by Crippen LogP contribution is -2.23. The van der Waals surface area contributed by atoms with Crippen molar-refractivity contribution in [3.8, 4) is 0 Å². The van der Waals surface area contributed by atoms with Crippen molar-refractivity contribution < 1.29 is 4.79 Å². The molecule has 0 aliphatic carbocycles. The third-order valence-corrected chi connectivity index (χ3v) is 3.55. The molecular formula is C12H11ClN4O2S. The Balaban J connectivity index is 1.98. The van der Waals surface area contributed by atoms with Crippen LogP contribution in [0.1, 0.15) is 6.92 Å². The fourth-order valence-electron chi connectivity index (χ4n) is 1.35. The molecule has 2 N–H and O–H groups in total. The molecule has 0 fully saturated rings. The van der Waals surface area contributed by atoms with Gasteiger partial charge in [-0.25, -0.2) is 0 Å². The van der Waals surface area contributed by atoms with E-state index in [9.17, 15) is 9.59 Å². The van der Waals surface area contributed by atoms with Crippen molar-refractivity contribution in [2.75, 3.05) is 5.32 Å². The molecule has 0 radical (unpaired) electrons. The van der Waals surface area contributed by atoms with E-state index < -0.39 is 5.25 Å². The summed E-state index contributed by atoms with van der Waals surface area (Å²) < 4.78 is 0. The van der Waals surface area contributed by atoms with Gasteiger partial charge in [0.1, 0.15) is 6.20 Å². The number of aromatic nitrogens is 3. The minimum atomic E-state index is -0.432. The Kier molecular flexibility index (Phi) is 4.75. The van der Waals surface area contributed by atoms with E-state index >= 15 is 0 Å². The Morgan fingerprint density at radius 1 is 1.40 bits per heavy atom. The van der Waals surface area contributed by atoms with Gasteiger partial charge in [-0.1, -0.05) is 23.4 Å². The summed E-state index contributed by atoms with van der Waals surface area (Å²) in [5.74, 6) is -0.205. The molecule has 1 amide bonds. The summed E-state index contributed by atoms with van der Waals surface area (Å²) >= 11 is 6.89. The van der Waals surface area contributed by atoms with Crippen LogP contribution in [0.2, 0.25) is 5.02 Å². The summed E-state index contributed by atoms with van der Waals surface area (Å²) in [6.45, 7) is 1.71. The summed E-state index contributed by atoms with van der Waals surface area (Å²) in [6, 6.07) is 6.80. The van der Waals surface area contributed by atoms with E-state index in [-0.39, 0.29) is 11.5 Å². The number of thioether (sulfide) groups is 1. The molecule has 0 unspecified atom stereocenters. The van der Waals surface area contributed by atoms with Crippen molar-refractivity contribution >= 4 is 35.0 Å². The van der Waals surface area contributed by atoms with Gasteiger partial charge in [0.25, 0.3) is 5.56 Å². The van der Waals surface area contributed by atoms with Crippen LogP contribution in [0.25, 0.3) is 0 Å². The Labute approximate surface area is 124 Å². The van der Waals surface area contributed by atoms with Crippen molar-refractivity contribution in [3.63, 3.8) is 0 Å². The fourth-order valence-corrected chi connectivity index (χ4v) is 2.23. The molecule has 0 bridgehead atoms. The number of nitrogens with zero attached hydrogens (tertiary/aromatic N) is 2. The normalized spacial score (nSPS) is 11.9. The predicted octanol–water partition coefficient (Wildman–Crippen LogP) is 1.94.